The van der Waals surface area contributed by atoms with Crippen molar-refractivity contribution in [3.05, 3.63) is 98.8 Å². The van der Waals surface area contributed by atoms with Crippen molar-refractivity contribution in [2.45, 2.75) is 308 Å². The summed E-state index contributed by atoms with van der Waals surface area (Å²) >= 11 is 0. The fourth-order valence-corrected chi connectivity index (χ4v) is 3.40. The molecule has 461 valence electrons. The average Bonchev–Trinajstić information content (AvgIpc) is 4.27. The van der Waals surface area contributed by atoms with Gasteiger partial charge in [-0.2, -0.15) is 0 Å². The molecule has 0 spiro atoms. The molecule has 2 atom stereocenters. The summed E-state index contributed by atoms with van der Waals surface area (Å²) in [4.78, 5) is 36.7. The van der Waals surface area contributed by atoms with Gasteiger partial charge in [0.05, 0.1) is 0 Å². The number of allylic oxidation sites excluding steroid dienone is 6. The molecule has 12 heteroatoms. The number of hydrogen-bond acceptors (Lipinski definition) is 6. The zero-order valence-corrected chi connectivity index (χ0v) is 62.9. The van der Waals surface area contributed by atoms with E-state index in [9.17, 15) is 14.4 Å². The number of amides is 1. The summed E-state index contributed by atoms with van der Waals surface area (Å²) in [6, 6.07) is 0. The van der Waals surface area contributed by atoms with Crippen molar-refractivity contribution < 1.29 is 122 Å². The third-order valence-electron chi connectivity index (χ3n) is 5.91. The van der Waals surface area contributed by atoms with Gasteiger partial charge < -0.3 is 90.6 Å². The Morgan fingerprint density at radius 2 is 0.649 bits per heavy atom. The van der Waals surface area contributed by atoms with Gasteiger partial charge >= 0.3 is 17.3 Å². The second-order valence-electron chi connectivity index (χ2n) is 14.0. The third-order valence-corrected chi connectivity index (χ3v) is 5.91. The van der Waals surface area contributed by atoms with Crippen molar-refractivity contribution in [1.82, 2.24) is 5.32 Å². The van der Waals surface area contributed by atoms with Crippen LogP contribution in [0.4, 0.5) is 0 Å². The van der Waals surface area contributed by atoms with Gasteiger partial charge in [-0.25, -0.2) is 13.1 Å². The molecule has 3 aliphatic rings. The Hall–Kier alpha value is -0.738. The number of Topliss-reactive ketones (excluding diaryl/α,β-unsaturated/α-hetero) is 1. The zero-order chi connectivity index (χ0) is 60.9. The molecular weight excluding hydrogens is 1180 g/mol. The Morgan fingerprint density at radius 3 is 0.714 bits per heavy atom. The number of rotatable bonds is 7. The normalized spacial score (nSPS) is 10.9. The van der Waals surface area contributed by atoms with Crippen LogP contribution in [-0.2, 0) is 117 Å². The van der Waals surface area contributed by atoms with Crippen LogP contribution in [0.5, 0.6) is 0 Å². The Balaban J connectivity index is -0.0000000256. The molecule has 0 heterocycles. The maximum Gasteiger partial charge on any atom is 0.338 e. The molecule has 0 bridgehead atoms. The number of nitrogens with two attached hydrogens (primary N) is 1. The molecule has 9 nitrogen and oxygen atoms in total. The van der Waals surface area contributed by atoms with E-state index in [1.54, 1.807) is 0 Å². The molecule has 0 aromatic rings. The van der Waals surface area contributed by atoms with Crippen molar-refractivity contribution in [2.75, 3.05) is 13.2 Å². The summed E-state index contributed by atoms with van der Waals surface area (Å²) in [6.07, 6.45) is 33.9. The largest absolute Gasteiger partial charge is 0.455 e. The molecule has 3 fully saturated rings. The molecule has 3 aliphatic carbocycles. The number of carbonyl (C=O) groups excluding carboxylic acids is 3. The molecule has 0 aromatic heterocycles. The molecule has 3 radical (unpaired) electrons. The number of nitrogens with zero attached hydrogens (tertiary/aromatic N) is 2. The maximum atomic E-state index is 10.7. The van der Waals surface area contributed by atoms with E-state index in [1.165, 1.54) is 194 Å². The SMILES string of the molecule is C.C.C1CCCC1.C1CCCC1.C1CCCC1.CC.CC.CC.CC.CC.CC.CC(C)=O.CCC.CCC.CCC.[C-]#[N+]C(C)(COC(C)=O)NC(C)=O.[C-]#[N+]C(C)(N)CO.[CH-]=CC=[CH-].[CH-]=CC=[CH-].[CH-]=CC=[CH-].[Y].[Y].[Y]. The first-order valence-electron chi connectivity index (χ1n) is 27.6. The van der Waals surface area contributed by atoms with E-state index in [-0.39, 0.29) is 138 Å². The van der Waals surface area contributed by atoms with E-state index in [0.717, 1.165) is 0 Å². The van der Waals surface area contributed by atoms with Gasteiger partial charge in [-0.15, -0.1) is 0 Å². The van der Waals surface area contributed by atoms with Crippen molar-refractivity contribution >= 4 is 17.7 Å². The standard InChI is InChI=1S/C8H12N2O3.3C5H10.C4H8N2O.3C4H4.C3H6O.3C3H8.6C2H6.2CH4.3Y/c1-6(11)10-8(3,9-4)5-13-7(2)12;3*1-2-4-5-3-1;1-4(5,3-7)6-2;3*1-3-4-2;1-3(2)4;3*1-3-2;6*1-2;;;;;/h5H2,1-3H3,(H,10,11);3*1-5H2;7H,3,5H2,1H3;3*1-4H;1-2H3;3*3H2,1-2H3;6*1-2H3;2*1H4;;;/q;;;;;3*-2;;;;;;;;;;;;;;;. The first-order chi connectivity index (χ1) is 34.2. The Bertz CT molecular complexity index is 948. The van der Waals surface area contributed by atoms with Crippen LogP contribution in [0.25, 0.3) is 9.69 Å². The minimum absolute atomic E-state index is 0. The molecule has 0 aromatic carbocycles. The summed E-state index contributed by atoms with van der Waals surface area (Å²) < 4.78 is 4.63. The molecule has 3 rings (SSSR count). The number of carbonyl (C=O) groups is 3. The predicted molar refractivity (Wildman–Crippen MR) is 340 cm³/mol. The summed E-state index contributed by atoms with van der Waals surface area (Å²) in [6.45, 7) is 86.4. The fraction of sp³-hybridized carbons (Fsp3) is 0.738. The summed E-state index contributed by atoms with van der Waals surface area (Å²) in [5.74, 6) is -0.633. The van der Waals surface area contributed by atoms with Crippen molar-refractivity contribution in [3.63, 3.8) is 0 Å². The molecule has 0 saturated heterocycles. The van der Waals surface area contributed by atoms with Gasteiger partial charge in [-0.3, -0.25) is 30.3 Å². The van der Waals surface area contributed by atoms with Gasteiger partial charge in [-0.05, 0) is 13.8 Å². The average molecular weight is 1320 g/mol. The number of esters is 1. The van der Waals surface area contributed by atoms with Gasteiger partial charge in [0.25, 0.3) is 0 Å². The second kappa shape index (κ2) is 164. The van der Waals surface area contributed by atoms with Crippen LogP contribution >= 0.6 is 0 Å². The Kier molecular flexibility index (Phi) is 291. The number of aliphatic hydroxyl groups is 1. The maximum absolute atomic E-state index is 10.7. The van der Waals surface area contributed by atoms with Crippen LogP contribution < -0.4 is 11.1 Å². The molecule has 1 amide bonds. The van der Waals surface area contributed by atoms with Crippen LogP contribution in [0.15, 0.2) is 36.5 Å². The van der Waals surface area contributed by atoms with Crippen LogP contribution in [0, 0.1) is 52.6 Å². The first-order valence-corrected chi connectivity index (χ1v) is 27.6. The molecule has 3 saturated carbocycles. The van der Waals surface area contributed by atoms with E-state index in [1.807, 2.05) is 83.1 Å². The summed E-state index contributed by atoms with van der Waals surface area (Å²) in [5.41, 5.74) is 2.89. The number of ketones is 1. The quantitative estimate of drug-likeness (QED) is 0.132. The van der Waals surface area contributed by atoms with Crippen LogP contribution in [-0.4, -0.2) is 47.3 Å². The van der Waals surface area contributed by atoms with E-state index >= 15 is 0 Å². The molecule has 77 heavy (non-hydrogen) atoms. The fourth-order valence-electron chi connectivity index (χ4n) is 3.40. The Morgan fingerprint density at radius 1 is 0.494 bits per heavy atom. The van der Waals surface area contributed by atoms with E-state index in [4.69, 9.17) is 63.5 Å². The van der Waals surface area contributed by atoms with E-state index < -0.39 is 17.3 Å². The number of hydrogen-bond donors (Lipinski definition) is 3. The predicted octanol–water partition coefficient (Wildman–Crippen LogP) is 20.9. The second-order valence-corrected chi connectivity index (χ2v) is 14.0. The third kappa shape index (κ3) is 291. The monoisotopic (exact) mass is 1320 g/mol. The molecular formula is C65H136N4O5Y3-6. The Labute approximate surface area is 565 Å². The molecule has 2 unspecified atom stereocenters. The van der Waals surface area contributed by atoms with Crippen molar-refractivity contribution in [1.29, 1.82) is 0 Å². The van der Waals surface area contributed by atoms with Crippen LogP contribution in [0.3, 0.4) is 0 Å². The number of aliphatic hydroxyl groups excluding tert-OH is 1. The summed E-state index contributed by atoms with van der Waals surface area (Å²) in [7, 11) is 0. The van der Waals surface area contributed by atoms with E-state index in [0.29, 0.717) is 0 Å². The first kappa shape index (κ1) is 136. The number of nitrogens with one attached hydrogen (secondary N) is 1. The molecule has 4 N–H and O–H groups in total. The smallest absolute Gasteiger partial charge is 0.338 e. The van der Waals surface area contributed by atoms with Crippen molar-refractivity contribution in [2.24, 2.45) is 5.73 Å². The number of ether oxygens (including phenoxy) is 1. The summed E-state index contributed by atoms with van der Waals surface area (Å²) in [5, 5.41) is 10.6. The van der Waals surface area contributed by atoms with Crippen molar-refractivity contribution in [3.8, 4) is 0 Å². The topological polar surface area (TPSA) is 127 Å². The zero-order valence-electron chi connectivity index (χ0n) is 54.4. The van der Waals surface area contributed by atoms with Gasteiger partial charge in [-0.1, -0.05) is 255 Å². The van der Waals surface area contributed by atoms with Crippen LogP contribution in [0.1, 0.15) is 297 Å². The molecule has 0 aliphatic heterocycles. The van der Waals surface area contributed by atoms with Crippen LogP contribution in [0.2, 0.25) is 0 Å². The van der Waals surface area contributed by atoms with Gasteiger partial charge in [0.2, 0.25) is 5.91 Å². The minimum Gasteiger partial charge on any atom is -0.455 e. The van der Waals surface area contributed by atoms with Gasteiger partial charge in [0, 0.05) is 126 Å². The minimum atomic E-state index is -1.16. The van der Waals surface area contributed by atoms with Gasteiger partial charge in [0.15, 0.2) is 6.61 Å². The van der Waals surface area contributed by atoms with E-state index in [2.05, 4.69) is 61.3 Å². The van der Waals surface area contributed by atoms with Gasteiger partial charge in [0.1, 0.15) is 12.4 Å².